The molecule has 1 aromatic heterocycles. The van der Waals surface area contributed by atoms with E-state index in [-0.39, 0.29) is 11.7 Å². The van der Waals surface area contributed by atoms with Crippen molar-refractivity contribution in [2.24, 2.45) is 0 Å². The van der Waals surface area contributed by atoms with Crippen molar-refractivity contribution in [1.29, 1.82) is 0 Å². The summed E-state index contributed by atoms with van der Waals surface area (Å²) in [6.07, 6.45) is 0.742. The van der Waals surface area contributed by atoms with Crippen LogP contribution in [0.15, 0.2) is 48.5 Å². The lowest BCUT2D eigenvalue weighted by molar-refractivity contribution is 0.0938. The van der Waals surface area contributed by atoms with Gasteiger partial charge in [-0.1, -0.05) is 36.4 Å². The number of benzene rings is 2. The monoisotopic (exact) mass is 364 g/mol. The normalized spacial score (nSPS) is 10.8. The maximum absolute atomic E-state index is 12.5. The van der Waals surface area contributed by atoms with Gasteiger partial charge in [-0.25, -0.2) is 9.67 Å². The van der Waals surface area contributed by atoms with E-state index in [9.17, 15) is 4.79 Å². The Morgan fingerprint density at radius 3 is 2.59 bits per heavy atom. The minimum absolute atomic E-state index is 0.157. The van der Waals surface area contributed by atoms with E-state index in [1.54, 1.807) is 11.8 Å². The topological polar surface area (TPSA) is 69.0 Å². The molecule has 0 aliphatic rings. The molecule has 2 aromatic carbocycles. The van der Waals surface area contributed by atoms with Crippen LogP contribution in [0.4, 0.5) is 0 Å². The summed E-state index contributed by atoms with van der Waals surface area (Å²) >= 11 is 0. The Hall–Kier alpha value is -2.99. The Bertz CT molecular complexity index is 919. The van der Waals surface area contributed by atoms with Gasteiger partial charge in [-0.15, -0.1) is 5.10 Å². The fourth-order valence-corrected chi connectivity index (χ4v) is 2.72. The lowest BCUT2D eigenvalue weighted by atomic mass is 10.1. The smallest absolute Gasteiger partial charge is 0.290 e. The second kappa shape index (κ2) is 8.60. The second-order valence-corrected chi connectivity index (χ2v) is 6.41. The van der Waals surface area contributed by atoms with Gasteiger partial charge in [0.25, 0.3) is 5.91 Å². The molecule has 0 atom stereocenters. The molecule has 3 rings (SSSR count). The Labute approximate surface area is 159 Å². The van der Waals surface area contributed by atoms with E-state index in [1.807, 2.05) is 42.5 Å². The SMILES string of the molecule is COCCCNC(=O)c1nc(-c2ccccc2)n(-c2ccc(C)c(C)c2)n1. The molecular weight excluding hydrogens is 340 g/mol. The molecule has 0 saturated heterocycles. The molecule has 140 valence electrons. The van der Waals surface area contributed by atoms with Crippen molar-refractivity contribution < 1.29 is 9.53 Å². The summed E-state index contributed by atoms with van der Waals surface area (Å²) in [7, 11) is 1.64. The maximum atomic E-state index is 12.5. The average Bonchev–Trinajstić information content (AvgIpc) is 3.13. The van der Waals surface area contributed by atoms with Crippen molar-refractivity contribution in [2.45, 2.75) is 20.3 Å². The van der Waals surface area contributed by atoms with Gasteiger partial charge in [-0.3, -0.25) is 4.79 Å². The van der Waals surface area contributed by atoms with Gasteiger partial charge in [0.2, 0.25) is 5.82 Å². The maximum Gasteiger partial charge on any atom is 0.290 e. The van der Waals surface area contributed by atoms with E-state index in [0.29, 0.717) is 19.0 Å². The quantitative estimate of drug-likeness (QED) is 0.653. The van der Waals surface area contributed by atoms with Gasteiger partial charge in [-0.05, 0) is 43.5 Å². The first-order valence-corrected chi connectivity index (χ1v) is 8.97. The van der Waals surface area contributed by atoms with Crippen LogP contribution in [0.25, 0.3) is 17.1 Å². The first-order valence-electron chi connectivity index (χ1n) is 8.97. The number of methoxy groups -OCH3 is 1. The van der Waals surface area contributed by atoms with Crippen LogP contribution in [0, 0.1) is 13.8 Å². The summed E-state index contributed by atoms with van der Waals surface area (Å²) in [6, 6.07) is 15.8. The molecule has 1 heterocycles. The van der Waals surface area contributed by atoms with Gasteiger partial charge in [0.1, 0.15) is 0 Å². The van der Waals surface area contributed by atoms with E-state index < -0.39 is 0 Å². The third kappa shape index (κ3) is 4.41. The Balaban J connectivity index is 1.96. The fourth-order valence-electron chi connectivity index (χ4n) is 2.72. The highest BCUT2D eigenvalue weighted by Crippen LogP contribution is 2.22. The lowest BCUT2D eigenvalue weighted by Crippen LogP contribution is -2.26. The van der Waals surface area contributed by atoms with Crippen LogP contribution in [0.2, 0.25) is 0 Å². The zero-order valence-corrected chi connectivity index (χ0v) is 15.9. The molecule has 6 nitrogen and oxygen atoms in total. The van der Waals surface area contributed by atoms with Crippen LogP contribution in [-0.4, -0.2) is 40.9 Å². The number of rotatable bonds is 7. The van der Waals surface area contributed by atoms with Crippen LogP contribution in [0.1, 0.15) is 28.2 Å². The van der Waals surface area contributed by atoms with Crippen molar-refractivity contribution in [3.8, 4) is 17.1 Å². The van der Waals surface area contributed by atoms with Gasteiger partial charge in [0.05, 0.1) is 5.69 Å². The third-order valence-corrected chi connectivity index (χ3v) is 4.39. The summed E-state index contributed by atoms with van der Waals surface area (Å²) in [5.41, 5.74) is 4.15. The van der Waals surface area contributed by atoms with E-state index in [4.69, 9.17) is 4.74 Å². The number of hydrogen-bond donors (Lipinski definition) is 1. The minimum atomic E-state index is -0.286. The number of nitrogens with one attached hydrogen (secondary N) is 1. The average molecular weight is 364 g/mol. The molecule has 0 bridgehead atoms. The van der Waals surface area contributed by atoms with Crippen molar-refractivity contribution >= 4 is 5.91 Å². The summed E-state index contributed by atoms with van der Waals surface area (Å²) in [5, 5.41) is 7.33. The molecule has 0 unspecified atom stereocenters. The molecule has 1 amide bonds. The molecule has 0 aliphatic carbocycles. The molecule has 1 N–H and O–H groups in total. The van der Waals surface area contributed by atoms with Gasteiger partial charge in [0.15, 0.2) is 5.82 Å². The summed E-state index contributed by atoms with van der Waals surface area (Å²) in [5.74, 6) is 0.510. The molecule has 6 heteroatoms. The van der Waals surface area contributed by atoms with Gasteiger partial charge in [0, 0.05) is 25.8 Å². The minimum Gasteiger partial charge on any atom is -0.385 e. The number of carbonyl (C=O) groups is 1. The first-order chi connectivity index (χ1) is 13.1. The van der Waals surface area contributed by atoms with Crippen molar-refractivity contribution in [3.05, 3.63) is 65.5 Å². The molecular formula is C21H24N4O2. The van der Waals surface area contributed by atoms with Crippen molar-refractivity contribution in [3.63, 3.8) is 0 Å². The molecule has 0 fully saturated rings. The highest BCUT2D eigenvalue weighted by atomic mass is 16.5. The van der Waals surface area contributed by atoms with E-state index in [0.717, 1.165) is 23.2 Å². The van der Waals surface area contributed by atoms with Crippen LogP contribution < -0.4 is 5.32 Å². The van der Waals surface area contributed by atoms with Gasteiger partial charge < -0.3 is 10.1 Å². The van der Waals surface area contributed by atoms with E-state index in [1.165, 1.54) is 5.56 Å². The molecule has 0 spiro atoms. The van der Waals surface area contributed by atoms with Gasteiger partial charge >= 0.3 is 0 Å². The third-order valence-electron chi connectivity index (χ3n) is 4.39. The van der Waals surface area contributed by atoms with Crippen molar-refractivity contribution in [1.82, 2.24) is 20.1 Å². The fraction of sp³-hybridized carbons (Fsp3) is 0.286. The van der Waals surface area contributed by atoms with Crippen LogP contribution in [0.3, 0.4) is 0 Å². The summed E-state index contributed by atoms with van der Waals surface area (Å²) < 4.78 is 6.73. The van der Waals surface area contributed by atoms with E-state index in [2.05, 4.69) is 35.3 Å². The van der Waals surface area contributed by atoms with Gasteiger partial charge in [-0.2, -0.15) is 0 Å². The number of aromatic nitrogens is 3. The number of hydrogen-bond acceptors (Lipinski definition) is 4. The largest absolute Gasteiger partial charge is 0.385 e. The highest BCUT2D eigenvalue weighted by Gasteiger charge is 2.18. The zero-order valence-electron chi connectivity index (χ0n) is 15.9. The predicted octanol–water partition coefficient (Wildman–Crippen LogP) is 3.32. The number of ether oxygens (including phenoxy) is 1. The number of nitrogens with zero attached hydrogens (tertiary/aromatic N) is 3. The Morgan fingerprint density at radius 2 is 1.89 bits per heavy atom. The number of amides is 1. The van der Waals surface area contributed by atoms with E-state index >= 15 is 0 Å². The molecule has 0 aliphatic heterocycles. The number of carbonyl (C=O) groups excluding carboxylic acids is 1. The van der Waals surface area contributed by atoms with Crippen LogP contribution >= 0.6 is 0 Å². The summed E-state index contributed by atoms with van der Waals surface area (Å²) in [4.78, 5) is 17.0. The number of aryl methyl sites for hydroxylation is 2. The summed E-state index contributed by atoms with van der Waals surface area (Å²) in [6.45, 7) is 5.24. The Kier molecular flexibility index (Phi) is 5.98. The first kappa shape index (κ1) is 18.8. The standard InChI is InChI=1S/C21H24N4O2/c1-15-10-11-18(14-16(15)2)25-20(17-8-5-4-6-9-17)23-19(24-25)21(26)22-12-7-13-27-3/h4-6,8-11,14H,7,12-13H2,1-3H3,(H,22,26). The van der Waals surface area contributed by atoms with Crippen molar-refractivity contribution in [2.75, 3.05) is 20.3 Å². The highest BCUT2D eigenvalue weighted by molar-refractivity contribution is 5.91. The van der Waals surface area contributed by atoms with Crippen LogP contribution in [0.5, 0.6) is 0 Å². The zero-order chi connectivity index (χ0) is 19.2. The Morgan fingerprint density at radius 1 is 1.11 bits per heavy atom. The molecule has 0 radical (unpaired) electrons. The lowest BCUT2D eigenvalue weighted by Gasteiger charge is -2.08. The molecule has 3 aromatic rings. The predicted molar refractivity (Wildman–Crippen MR) is 105 cm³/mol. The van der Waals surface area contributed by atoms with Crippen LogP contribution in [-0.2, 0) is 4.74 Å². The molecule has 0 saturated carbocycles. The molecule has 27 heavy (non-hydrogen) atoms. The second-order valence-electron chi connectivity index (χ2n) is 6.41.